The van der Waals surface area contributed by atoms with Crippen molar-refractivity contribution in [2.75, 3.05) is 12.4 Å². The number of hydrogen-bond acceptors (Lipinski definition) is 6. The number of methoxy groups -OCH3 is 1. The van der Waals surface area contributed by atoms with Crippen molar-refractivity contribution in [1.82, 2.24) is 4.98 Å². The number of rotatable bonds is 3. The molecule has 0 aliphatic heterocycles. The van der Waals surface area contributed by atoms with Crippen molar-refractivity contribution in [2.45, 2.75) is 0 Å². The van der Waals surface area contributed by atoms with Gasteiger partial charge in [0.1, 0.15) is 0 Å². The van der Waals surface area contributed by atoms with E-state index in [2.05, 4.69) is 15.0 Å². The molecule has 0 aromatic carbocycles. The number of pyridine rings is 1. The second-order valence-electron chi connectivity index (χ2n) is 3.49. The lowest BCUT2D eigenvalue weighted by molar-refractivity contribution is 0.102. The van der Waals surface area contributed by atoms with Gasteiger partial charge in [0.2, 0.25) is 0 Å². The molecule has 8 heteroatoms. The van der Waals surface area contributed by atoms with Gasteiger partial charge in [0.05, 0.1) is 28.2 Å². The van der Waals surface area contributed by atoms with E-state index in [1.165, 1.54) is 25.6 Å². The zero-order valence-corrected chi connectivity index (χ0v) is 11.8. The zero-order chi connectivity index (χ0) is 14.5. The summed E-state index contributed by atoms with van der Waals surface area (Å²) in [5.74, 6) is -0.266. The first-order valence-corrected chi connectivity index (χ1v) is 6.56. The Hall–Kier alpha value is -2.12. The Bertz CT molecular complexity index is 644. The fourth-order valence-electron chi connectivity index (χ4n) is 1.32. The number of thiophene rings is 1. The van der Waals surface area contributed by atoms with Crippen LogP contribution >= 0.6 is 22.9 Å². The summed E-state index contributed by atoms with van der Waals surface area (Å²) in [4.78, 5) is 27.3. The van der Waals surface area contributed by atoms with Crippen molar-refractivity contribution in [1.29, 1.82) is 0 Å². The van der Waals surface area contributed by atoms with Crippen LogP contribution in [0.2, 0.25) is 4.34 Å². The van der Waals surface area contributed by atoms with Crippen LogP contribution in [0.3, 0.4) is 0 Å². The van der Waals surface area contributed by atoms with Gasteiger partial charge >= 0.3 is 6.16 Å². The summed E-state index contributed by atoms with van der Waals surface area (Å²) in [6.45, 7) is 0. The van der Waals surface area contributed by atoms with Crippen LogP contribution in [-0.4, -0.2) is 24.2 Å². The van der Waals surface area contributed by atoms with Gasteiger partial charge < -0.3 is 14.8 Å². The van der Waals surface area contributed by atoms with Crippen LogP contribution in [0.4, 0.5) is 10.5 Å². The van der Waals surface area contributed by atoms with Crippen LogP contribution in [-0.2, 0) is 4.74 Å². The molecule has 0 spiro atoms. The monoisotopic (exact) mass is 312 g/mol. The smallest absolute Gasteiger partial charge is 0.437 e. The van der Waals surface area contributed by atoms with Gasteiger partial charge in [-0.3, -0.25) is 9.78 Å². The van der Waals surface area contributed by atoms with Crippen LogP contribution in [0.5, 0.6) is 5.75 Å². The maximum atomic E-state index is 12.0. The minimum absolute atomic E-state index is 0.0929. The number of carbonyl (C=O) groups is 2. The molecule has 1 amide bonds. The second kappa shape index (κ2) is 6.36. The second-order valence-corrected chi connectivity index (χ2v) is 5.20. The summed E-state index contributed by atoms with van der Waals surface area (Å²) in [5, 5.41) is 2.61. The zero-order valence-electron chi connectivity index (χ0n) is 10.3. The minimum atomic E-state index is -0.896. The summed E-state index contributed by atoms with van der Waals surface area (Å²) in [6, 6.07) is 4.73. The summed E-state index contributed by atoms with van der Waals surface area (Å²) in [7, 11) is 1.19. The summed E-state index contributed by atoms with van der Waals surface area (Å²) in [5.41, 5.74) is 0.305. The van der Waals surface area contributed by atoms with Crippen molar-refractivity contribution >= 4 is 40.7 Å². The Balaban J connectivity index is 2.16. The van der Waals surface area contributed by atoms with Gasteiger partial charge in [-0.15, -0.1) is 11.3 Å². The first-order chi connectivity index (χ1) is 9.60. The highest BCUT2D eigenvalue weighted by molar-refractivity contribution is 7.18. The average Bonchev–Trinajstić information content (AvgIpc) is 2.87. The average molecular weight is 313 g/mol. The molecule has 2 aromatic heterocycles. The summed E-state index contributed by atoms with van der Waals surface area (Å²) in [6.07, 6.45) is 1.86. The van der Waals surface area contributed by atoms with Crippen LogP contribution in [0.25, 0.3) is 0 Å². The Labute approximate surface area is 123 Å². The molecule has 0 radical (unpaired) electrons. The third-order valence-corrected chi connectivity index (χ3v) is 3.42. The highest BCUT2D eigenvalue weighted by Gasteiger charge is 2.14. The number of hydrogen-bond donors (Lipinski definition) is 1. The molecule has 1 N–H and O–H groups in total. The highest BCUT2D eigenvalue weighted by Crippen LogP contribution is 2.26. The normalized spacial score (nSPS) is 9.90. The maximum absolute atomic E-state index is 12.0. The lowest BCUT2D eigenvalue weighted by atomic mass is 10.3. The molecule has 0 fully saturated rings. The quantitative estimate of drug-likeness (QED) is 0.881. The van der Waals surface area contributed by atoms with Crippen molar-refractivity contribution in [3.63, 3.8) is 0 Å². The van der Waals surface area contributed by atoms with E-state index >= 15 is 0 Å². The fraction of sp³-hybridized carbons (Fsp3) is 0.0833. The highest BCUT2D eigenvalue weighted by atomic mass is 35.5. The number of nitrogens with one attached hydrogen (secondary N) is 1. The standard InChI is InChI=1S/C12H9ClN2O4S/c1-18-12(17)19-8-6-14-5-4-7(8)15-11(16)9-2-3-10(13)20-9/h2-6H,1H3,(H,14,15,16). The molecule has 104 valence electrons. The molecule has 20 heavy (non-hydrogen) atoms. The summed E-state index contributed by atoms with van der Waals surface area (Å²) >= 11 is 6.91. The summed E-state index contributed by atoms with van der Waals surface area (Å²) < 4.78 is 9.77. The number of halogens is 1. The fourth-order valence-corrected chi connectivity index (χ4v) is 2.25. The molecule has 2 heterocycles. The van der Waals surface area contributed by atoms with Crippen LogP contribution in [0.1, 0.15) is 9.67 Å². The Morgan fingerprint density at radius 3 is 2.80 bits per heavy atom. The Morgan fingerprint density at radius 2 is 2.15 bits per heavy atom. The van der Waals surface area contributed by atoms with E-state index in [0.29, 0.717) is 14.9 Å². The molecule has 6 nitrogen and oxygen atoms in total. The number of ether oxygens (including phenoxy) is 2. The van der Waals surface area contributed by atoms with Gasteiger partial charge in [-0.05, 0) is 18.2 Å². The van der Waals surface area contributed by atoms with E-state index in [1.54, 1.807) is 12.1 Å². The molecule has 0 aliphatic rings. The van der Waals surface area contributed by atoms with Gasteiger partial charge in [-0.2, -0.15) is 0 Å². The third kappa shape index (κ3) is 3.46. The largest absolute Gasteiger partial charge is 0.513 e. The number of carbonyl (C=O) groups excluding carboxylic acids is 2. The number of nitrogens with zero attached hydrogens (tertiary/aromatic N) is 1. The molecule has 0 bridgehead atoms. The van der Waals surface area contributed by atoms with Gasteiger partial charge in [0.15, 0.2) is 5.75 Å². The number of anilines is 1. The Kier molecular flexibility index (Phi) is 4.54. The van der Waals surface area contributed by atoms with Gasteiger partial charge in [0.25, 0.3) is 5.91 Å². The molecule has 0 saturated carbocycles. The molecule has 2 rings (SSSR count). The number of amides is 1. The van der Waals surface area contributed by atoms with E-state index < -0.39 is 6.16 Å². The molecule has 0 unspecified atom stereocenters. The first-order valence-electron chi connectivity index (χ1n) is 5.36. The maximum Gasteiger partial charge on any atom is 0.513 e. The Morgan fingerprint density at radius 1 is 1.35 bits per heavy atom. The van der Waals surface area contributed by atoms with Gasteiger partial charge in [0, 0.05) is 6.20 Å². The van der Waals surface area contributed by atoms with E-state index in [9.17, 15) is 9.59 Å². The van der Waals surface area contributed by atoms with Crippen molar-refractivity contribution in [2.24, 2.45) is 0 Å². The van der Waals surface area contributed by atoms with E-state index in [1.807, 2.05) is 0 Å². The van der Waals surface area contributed by atoms with Crippen molar-refractivity contribution in [3.8, 4) is 5.75 Å². The van der Waals surface area contributed by atoms with Crippen LogP contribution < -0.4 is 10.1 Å². The molecular weight excluding hydrogens is 304 g/mol. The van der Waals surface area contributed by atoms with E-state index in [4.69, 9.17) is 16.3 Å². The minimum Gasteiger partial charge on any atom is -0.437 e. The van der Waals surface area contributed by atoms with E-state index in [0.717, 1.165) is 11.3 Å². The first kappa shape index (κ1) is 14.3. The molecule has 0 aliphatic carbocycles. The molecule has 0 saturated heterocycles. The van der Waals surface area contributed by atoms with E-state index in [-0.39, 0.29) is 11.7 Å². The van der Waals surface area contributed by atoms with Crippen LogP contribution in [0.15, 0.2) is 30.6 Å². The third-order valence-electron chi connectivity index (χ3n) is 2.19. The SMILES string of the molecule is COC(=O)Oc1cnccc1NC(=O)c1ccc(Cl)s1. The van der Waals surface area contributed by atoms with Crippen molar-refractivity contribution < 1.29 is 19.1 Å². The lowest BCUT2D eigenvalue weighted by Crippen LogP contribution is -2.14. The topological polar surface area (TPSA) is 77.5 Å². The predicted octanol–water partition coefficient (Wildman–Crippen LogP) is 3.19. The molecule has 0 atom stereocenters. The molecule has 2 aromatic rings. The van der Waals surface area contributed by atoms with Crippen molar-refractivity contribution in [3.05, 3.63) is 39.8 Å². The van der Waals surface area contributed by atoms with Gasteiger partial charge in [-0.1, -0.05) is 11.6 Å². The van der Waals surface area contributed by atoms with Gasteiger partial charge in [-0.25, -0.2) is 4.79 Å². The van der Waals surface area contributed by atoms with Crippen LogP contribution in [0, 0.1) is 0 Å². The number of aromatic nitrogens is 1. The predicted molar refractivity (Wildman–Crippen MR) is 74.6 cm³/mol. The molecular formula is C12H9ClN2O4S. The lowest BCUT2D eigenvalue weighted by Gasteiger charge is -2.09.